The topological polar surface area (TPSA) is 105 Å². The average Bonchev–Trinajstić information content (AvgIpc) is 3.36. The van der Waals surface area contributed by atoms with E-state index in [4.69, 9.17) is 9.52 Å². The fourth-order valence-corrected chi connectivity index (χ4v) is 4.08. The molecule has 1 aliphatic heterocycles. The minimum absolute atomic E-state index is 0.116. The zero-order chi connectivity index (χ0) is 21.8. The third-order valence-corrected chi connectivity index (χ3v) is 5.57. The first-order chi connectivity index (χ1) is 15.0. The molecule has 162 valence electrons. The number of hydrogen-bond donors (Lipinski definition) is 2. The second kappa shape index (κ2) is 9.18. The van der Waals surface area contributed by atoms with E-state index in [2.05, 4.69) is 10.2 Å². The highest BCUT2D eigenvalue weighted by Gasteiger charge is 2.21. The van der Waals surface area contributed by atoms with Gasteiger partial charge in [0.25, 0.3) is 0 Å². The molecule has 0 bridgehead atoms. The Morgan fingerprint density at radius 2 is 1.84 bits per heavy atom. The predicted octanol–water partition coefficient (Wildman–Crippen LogP) is 2.17. The van der Waals surface area contributed by atoms with E-state index >= 15 is 0 Å². The highest BCUT2D eigenvalue weighted by Crippen LogP contribution is 2.19. The summed E-state index contributed by atoms with van der Waals surface area (Å²) in [4.78, 5) is 38.2. The van der Waals surface area contributed by atoms with Gasteiger partial charge in [-0.1, -0.05) is 36.4 Å². The van der Waals surface area contributed by atoms with Crippen LogP contribution in [0.15, 0.2) is 57.7 Å². The first-order valence-electron chi connectivity index (χ1n) is 10.4. The number of carbonyl (C=O) groups is 2. The van der Waals surface area contributed by atoms with Gasteiger partial charge in [0, 0.05) is 6.54 Å². The van der Waals surface area contributed by atoms with Crippen LogP contribution in [0.3, 0.4) is 0 Å². The summed E-state index contributed by atoms with van der Waals surface area (Å²) in [6.07, 6.45) is 2.47. The number of nitrogens with zero attached hydrogens (tertiary/aromatic N) is 2. The third kappa shape index (κ3) is 5.03. The first kappa shape index (κ1) is 20.9. The van der Waals surface area contributed by atoms with Crippen molar-refractivity contribution in [2.24, 2.45) is 0 Å². The quantitative estimate of drug-likeness (QED) is 0.575. The lowest BCUT2D eigenvalue weighted by molar-refractivity contribution is -0.137. The Bertz CT molecular complexity index is 1130. The van der Waals surface area contributed by atoms with E-state index in [0.29, 0.717) is 16.7 Å². The largest absolute Gasteiger partial charge is 0.480 e. The molecule has 1 aromatic heterocycles. The van der Waals surface area contributed by atoms with Crippen molar-refractivity contribution in [3.05, 3.63) is 70.2 Å². The van der Waals surface area contributed by atoms with Crippen molar-refractivity contribution in [2.75, 3.05) is 19.6 Å². The third-order valence-electron chi connectivity index (χ3n) is 5.57. The zero-order valence-electron chi connectivity index (χ0n) is 17.1. The number of carboxylic acids is 1. The Hall–Kier alpha value is -3.39. The monoisotopic (exact) mass is 423 g/mol. The molecule has 1 fully saturated rings. The molecule has 31 heavy (non-hydrogen) atoms. The van der Waals surface area contributed by atoms with Gasteiger partial charge in [0.1, 0.15) is 6.54 Å². The summed E-state index contributed by atoms with van der Waals surface area (Å²) in [6.45, 7) is 2.34. The number of amides is 1. The maximum Gasteiger partial charge on any atom is 0.420 e. The second-order valence-electron chi connectivity index (χ2n) is 7.87. The molecule has 1 amide bonds. The normalized spacial score (nSPS) is 15.2. The fraction of sp³-hybridized carbons (Fsp3) is 0.348. The lowest BCUT2D eigenvalue weighted by Crippen LogP contribution is -2.37. The number of likely N-dealkylation sites (tertiary alicyclic amines) is 1. The Morgan fingerprint density at radius 3 is 2.55 bits per heavy atom. The summed E-state index contributed by atoms with van der Waals surface area (Å²) < 4.78 is 6.15. The molecule has 0 radical (unpaired) electrons. The van der Waals surface area contributed by atoms with Crippen LogP contribution in [0.5, 0.6) is 0 Å². The Morgan fingerprint density at radius 1 is 1.10 bits per heavy atom. The van der Waals surface area contributed by atoms with Crippen molar-refractivity contribution in [3.8, 4) is 0 Å². The van der Waals surface area contributed by atoms with Gasteiger partial charge in [-0.15, -0.1) is 0 Å². The molecule has 0 saturated carbocycles. The van der Waals surface area contributed by atoms with E-state index < -0.39 is 18.3 Å². The van der Waals surface area contributed by atoms with E-state index in [0.717, 1.165) is 29.8 Å². The summed E-state index contributed by atoms with van der Waals surface area (Å²) in [5, 5.41) is 12.2. The van der Waals surface area contributed by atoms with Crippen LogP contribution < -0.4 is 11.1 Å². The maximum absolute atomic E-state index is 12.9. The molecule has 2 aromatic carbocycles. The minimum Gasteiger partial charge on any atom is -0.480 e. The number of fused-ring (bicyclic) bond motifs is 1. The van der Waals surface area contributed by atoms with Crippen LogP contribution in [0.4, 0.5) is 0 Å². The summed E-state index contributed by atoms with van der Waals surface area (Å²) >= 11 is 0. The molecule has 0 spiro atoms. The van der Waals surface area contributed by atoms with Crippen molar-refractivity contribution >= 4 is 23.0 Å². The maximum atomic E-state index is 12.9. The van der Waals surface area contributed by atoms with Gasteiger partial charge in [-0.2, -0.15) is 0 Å². The number of nitrogens with one attached hydrogen (secondary N) is 1. The van der Waals surface area contributed by atoms with E-state index in [1.54, 1.807) is 18.2 Å². The Labute approximate surface area is 179 Å². The number of aromatic nitrogens is 1. The van der Waals surface area contributed by atoms with Crippen LogP contribution in [-0.2, 0) is 22.6 Å². The van der Waals surface area contributed by atoms with Crippen molar-refractivity contribution in [1.82, 2.24) is 14.8 Å². The van der Waals surface area contributed by atoms with E-state index in [-0.39, 0.29) is 18.4 Å². The molecular weight excluding hydrogens is 398 g/mol. The zero-order valence-corrected chi connectivity index (χ0v) is 17.1. The van der Waals surface area contributed by atoms with Gasteiger partial charge in [0.05, 0.1) is 18.0 Å². The lowest BCUT2D eigenvalue weighted by atomic mass is 10.1. The summed E-state index contributed by atoms with van der Waals surface area (Å²) in [6, 6.07) is 14.8. The smallest absolute Gasteiger partial charge is 0.420 e. The number of rotatable bonds is 8. The number of carbonyl (C=O) groups excluding carboxylic acids is 1. The molecule has 0 unspecified atom stereocenters. The molecule has 0 aliphatic carbocycles. The van der Waals surface area contributed by atoms with Crippen molar-refractivity contribution in [2.45, 2.75) is 31.8 Å². The first-order valence-corrected chi connectivity index (χ1v) is 10.4. The minimum atomic E-state index is -1.14. The van der Waals surface area contributed by atoms with E-state index in [1.807, 2.05) is 30.3 Å². The van der Waals surface area contributed by atoms with Gasteiger partial charge in [-0.3, -0.25) is 14.2 Å². The van der Waals surface area contributed by atoms with E-state index in [9.17, 15) is 14.4 Å². The van der Waals surface area contributed by atoms with Gasteiger partial charge in [0.15, 0.2) is 5.58 Å². The van der Waals surface area contributed by atoms with Crippen LogP contribution in [0.1, 0.15) is 30.0 Å². The predicted molar refractivity (Wildman–Crippen MR) is 115 cm³/mol. The summed E-state index contributed by atoms with van der Waals surface area (Å²) in [5.74, 6) is -2.00. The Balaban J connectivity index is 1.51. The molecule has 2 N–H and O–H groups in total. The van der Waals surface area contributed by atoms with Crippen LogP contribution in [0.2, 0.25) is 0 Å². The van der Waals surface area contributed by atoms with E-state index in [1.165, 1.54) is 12.8 Å². The lowest BCUT2D eigenvalue weighted by Gasteiger charge is -2.25. The molecule has 1 saturated heterocycles. The summed E-state index contributed by atoms with van der Waals surface area (Å²) in [7, 11) is 0. The van der Waals surface area contributed by atoms with Gasteiger partial charge < -0.3 is 19.7 Å². The molecule has 1 aliphatic rings. The molecule has 4 rings (SSSR count). The van der Waals surface area contributed by atoms with Crippen LogP contribution in [0, 0.1) is 0 Å². The molecular formula is C23H25N3O5. The highest BCUT2D eigenvalue weighted by molar-refractivity contribution is 5.82. The molecule has 8 nitrogen and oxygen atoms in total. The molecule has 1 atom stereocenters. The van der Waals surface area contributed by atoms with Gasteiger partial charge in [0.2, 0.25) is 5.91 Å². The summed E-state index contributed by atoms with van der Waals surface area (Å²) in [5.41, 5.74) is 2.40. The SMILES string of the molecule is O=C(O)Cn1c(=O)oc2ccc(CC(=O)N[C@H](CN3CCCC3)c3ccccc3)cc21. The molecule has 8 heteroatoms. The van der Waals surface area contributed by atoms with Gasteiger partial charge >= 0.3 is 11.7 Å². The van der Waals surface area contributed by atoms with Crippen LogP contribution in [-0.4, -0.2) is 46.1 Å². The van der Waals surface area contributed by atoms with Crippen LogP contribution in [0.25, 0.3) is 11.1 Å². The number of hydrogen-bond acceptors (Lipinski definition) is 5. The molecule has 2 heterocycles. The number of carboxylic acid groups (broad SMARTS) is 1. The number of benzene rings is 2. The van der Waals surface area contributed by atoms with Crippen LogP contribution >= 0.6 is 0 Å². The Kier molecular flexibility index (Phi) is 6.18. The number of aliphatic carboxylic acids is 1. The fourth-order valence-electron chi connectivity index (χ4n) is 4.08. The van der Waals surface area contributed by atoms with Crippen molar-refractivity contribution in [1.29, 1.82) is 0 Å². The van der Waals surface area contributed by atoms with Crippen molar-refractivity contribution in [3.63, 3.8) is 0 Å². The standard InChI is InChI=1S/C23H25N3O5/c27-21(24-18(14-25-10-4-5-11-25)17-6-2-1-3-7-17)13-16-8-9-20-19(12-16)26(15-22(28)29)23(30)31-20/h1-3,6-9,12,18H,4-5,10-11,13-15H2,(H,24,27)(H,28,29)/t18-/m1/s1. The number of oxazole rings is 1. The average molecular weight is 423 g/mol. The highest BCUT2D eigenvalue weighted by atomic mass is 16.4. The van der Waals surface area contributed by atoms with Crippen molar-refractivity contribution < 1.29 is 19.1 Å². The van der Waals surface area contributed by atoms with Gasteiger partial charge in [-0.25, -0.2) is 4.79 Å². The molecule has 3 aromatic rings. The van der Waals surface area contributed by atoms with Gasteiger partial charge in [-0.05, 0) is 49.2 Å². The second-order valence-corrected chi connectivity index (χ2v) is 7.87.